The van der Waals surface area contributed by atoms with Gasteiger partial charge in [-0.3, -0.25) is 18.6 Å². The smallest absolute Gasteiger partial charge is 0.456 e. The molecule has 0 saturated carbocycles. The highest BCUT2D eigenvalue weighted by Gasteiger charge is 2.30. The Balaban J connectivity index is 5.26. The van der Waals surface area contributed by atoms with Crippen LogP contribution in [0.2, 0.25) is 0 Å². The Morgan fingerprint density at radius 1 is 0.493 bits per heavy atom. The van der Waals surface area contributed by atoms with Crippen LogP contribution < -0.4 is 5.32 Å². The average molecular weight is 995 g/mol. The number of hydrogen-bond acceptors (Lipinski definition) is 6. The summed E-state index contributed by atoms with van der Waals surface area (Å²) >= 11 is 0. The van der Waals surface area contributed by atoms with E-state index in [2.05, 4.69) is 50.4 Å². The van der Waals surface area contributed by atoms with Crippen LogP contribution in [0.25, 0.3) is 0 Å². The summed E-state index contributed by atoms with van der Waals surface area (Å²) in [5.41, 5.74) is 0. The maximum Gasteiger partial charge on any atom is 0.472 e. The first kappa shape index (κ1) is 67.2. The van der Waals surface area contributed by atoms with Crippen molar-refractivity contribution in [2.75, 3.05) is 40.9 Å². The van der Waals surface area contributed by atoms with Gasteiger partial charge in [-0.05, 0) is 83.1 Å². The highest BCUT2D eigenvalue weighted by atomic mass is 31.2. The van der Waals surface area contributed by atoms with Crippen LogP contribution in [0.3, 0.4) is 0 Å². The predicted octanol–water partition coefficient (Wildman–Crippen LogP) is 17.6. The highest BCUT2D eigenvalue weighted by molar-refractivity contribution is 7.47. The topological polar surface area (TPSA) is 111 Å². The molecule has 10 heteroatoms. The first-order chi connectivity index (χ1) is 33.4. The van der Waals surface area contributed by atoms with Crippen LogP contribution in [-0.4, -0.2) is 74.3 Å². The lowest BCUT2D eigenvalue weighted by atomic mass is 10.0. The Labute approximate surface area is 427 Å². The van der Waals surface area contributed by atoms with Crippen molar-refractivity contribution < 1.29 is 37.3 Å². The SMILES string of the molecule is CCCCCCCC/C=C\CCCCCC(=O)OC(/C=C\CCCCCCCCCCC)C(COP(=O)(O)OCC[N+](C)(C)C)NC(=O)CCCCCCCCCCC/C=C/CCCCCCCC. The van der Waals surface area contributed by atoms with Gasteiger partial charge in [0.2, 0.25) is 5.91 Å². The van der Waals surface area contributed by atoms with Crippen LogP contribution >= 0.6 is 7.82 Å². The van der Waals surface area contributed by atoms with Crippen molar-refractivity contribution >= 4 is 19.7 Å². The molecule has 0 aromatic carbocycles. The van der Waals surface area contributed by atoms with E-state index in [0.717, 1.165) is 70.6 Å². The molecule has 0 aromatic heterocycles. The zero-order valence-corrected chi connectivity index (χ0v) is 47.2. The van der Waals surface area contributed by atoms with Crippen molar-refractivity contribution in [2.45, 2.75) is 290 Å². The number of phosphoric ester groups is 1. The Morgan fingerprint density at radius 3 is 1.25 bits per heavy atom. The number of nitrogens with one attached hydrogen (secondary N) is 1. The zero-order chi connectivity index (χ0) is 50.8. The number of quaternary nitrogens is 1. The molecule has 9 nitrogen and oxygen atoms in total. The third-order valence-corrected chi connectivity index (χ3v) is 14.0. The molecule has 0 aliphatic rings. The fourth-order valence-corrected chi connectivity index (χ4v) is 9.19. The minimum Gasteiger partial charge on any atom is -0.456 e. The van der Waals surface area contributed by atoms with Gasteiger partial charge in [-0.25, -0.2) is 4.57 Å². The number of likely N-dealkylation sites (N-methyl/N-ethyl adjacent to an activating group) is 1. The number of carbonyl (C=O) groups excluding carboxylic acids is 2. The molecule has 0 saturated heterocycles. The number of nitrogens with zero attached hydrogens (tertiary/aromatic N) is 1. The summed E-state index contributed by atoms with van der Waals surface area (Å²) in [7, 11) is 1.49. The molecule has 69 heavy (non-hydrogen) atoms. The molecular weight excluding hydrogens is 880 g/mol. The number of ether oxygens (including phenoxy) is 1. The molecule has 0 aliphatic heterocycles. The number of hydrogen-bond donors (Lipinski definition) is 2. The molecule has 0 aromatic rings. The minimum atomic E-state index is -4.44. The fraction of sp³-hybridized carbons (Fsp3) is 0.864. The number of phosphoric acid groups is 1. The molecule has 3 atom stereocenters. The Bertz CT molecular complexity index is 1280. The quantitative estimate of drug-likeness (QED) is 0.0205. The lowest BCUT2D eigenvalue weighted by molar-refractivity contribution is -0.870. The molecule has 0 spiro atoms. The number of unbranched alkanes of at least 4 members (excludes halogenated alkanes) is 33. The van der Waals surface area contributed by atoms with Gasteiger partial charge in [-0.2, -0.15) is 0 Å². The van der Waals surface area contributed by atoms with Crippen molar-refractivity contribution in [3.05, 3.63) is 36.5 Å². The van der Waals surface area contributed by atoms with Crippen LogP contribution in [-0.2, 0) is 27.9 Å². The summed E-state index contributed by atoms with van der Waals surface area (Å²) in [5.74, 6) is -0.520. The Kier molecular flexibility index (Phi) is 48.5. The van der Waals surface area contributed by atoms with E-state index in [1.54, 1.807) is 0 Å². The molecule has 406 valence electrons. The van der Waals surface area contributed by atoms with Crippen LogP contribution in [0.4, 0.5) is 0 Å². The summed E-state index contributed by atoms with van der Waals surface area (Å²) in [4.78, 5) is 37.5. The van der Waals surface area contributed by atoms with Gasteiger partial charge < -0.3 is 19.4 Å². The van der Waals surface area contributed by atoms with Gasteiger partial charge in [0.1, 0.15) is 19.3 Å². The minimum absolute atomic E-state index is 0.0390. The largest absolute Gasteiger partial charge is 0.472 e. The first-order valence-corrected chi connectivity index (χ1v) is 30.8. The number of rotatable bonds is 53. The molecule has 1 amide bonds. The van der Waals surface area contributed by atoms with Crippen LogP contribution in [0.1, 0.15) is 278 Å². The van der Waals surface area contributed by atoms with E-state index in [1.165, 1.54) is 173 Å². The van der Waals surface area contributed by atoms with E-state index in [4.69, 9.17) is 13.8 Å². The third-order valence-electron chi connectivity index (χ3n) is 13.1. The number of amides is 1. The van der Waals surface area contributed by atoms with Gasteiger partial charge >= 0.3 is 13.8 Å². The molecule has 0 radical (unpaired) electrons. The maximum atomic E-state index is 13.5. The van der Waals surface area contributed by atoms with E-state index in [1.807, 2.05) is 33.3 Å². The molecule has 0 rings (SSSR count). The third kappa shape index (κ3) is 51.0. The van der Waals surface area contributed by atoms with Gasteiger partial charge in [-0.1, -0.05) is 218 Å². The van der Waals surface area contributed by atoms with Crippen molar-refractivity contribution in [3.63, 3.8) is 0 Å². The second-order valence-corrected chi connectivity index (χ2v) is 22.6. The average Bonchev–Trinajstić information content (AvgIpc) is 3.31. The Hall–Kier alpha value is -1.77. The normalized spacial score (nSPS) is 14.0. The fourth-order valence-electron chi connectivity index (χ4n) is 8.46. The van der Waals surface area contributed by atoms with Gasteiger partial charge in [0.15, 0.2) is 0 Å². The molecule has 0 heterocycles. The summed E-state index contributed by atoms with van der Waals surface area (Å²) in [6, 6.07) is -0.851. The van der Waals surface area contributed by atoms with Crippen molar-refractivity contribution in [1.29, 1.82) is 0 Å². The monoisotopic (exact) mass is 994 g/mol. The standard InChI is InChI=1S/C59H113N2O7P/c1-7-10-13-16-19-22-25-27-28-29-30-31-32-34-36-39-42-45-48-51-58(62)60-56(55-67-69(64,65)66-54-53-61(4,5)6)57(50-47-44-41-38-35-24-21-18-15-12-9-3)68-59(63)52-49-46-43-40-37-33-26-23-20-17-14-11-8-2/h27-28,33,37,47,50,56-57H,7-26,29-32,34-36,38-46,48-49,51-55H2,1-6H3,(H-,60,62,64,65)/p+1/b28-27+,37-33-,50-47-. The highest BCUT2D eigenvalue weighted by Crippen LogP contribution is 2.43. The van der Waals surface area contributed by atoms with Crippen molar-refractivity contribution in [3.8, 4) is 0 Å². The van der Waals surface area contributed by atoms with Crippen molar-refractivity contribution in [2.24, 2.45) is 0 Å². The summed E-state index contributed by atoms with van der Waals surface area (Å²) in [6.45, 7) is 7.00. The number of esters is 1. The lowest BCUT2D eigenvalue weighted by Crippen LogP contribution is -2.47. The molecular formula is C59H114N2O7P+. The molecule has 0 aliphatic carbocycles. The van der Waals surface area contributed by atoms with Crippen molar-refractivity contribution in [1.82, 2.24) is 5.32 Å². The predicted molar refractivity (Wildman–Crippen MR) is 296 cm³/mol. The molecule has 0 fully saturated rings. The second kappa shape index (κ2) is 49.8. The van der Waals surface area contributed by atoms with E-state index >= 15 is 0 Å². The number of allylic oxidation sites excluding steroid dienone is 5. The molecule has 3 unspecified atom stereocenters. The maximum absolute atomic E-state index is 13.5. The second-order valence-electron chi connectivity index (χ2n) is 21.2. The Morgan fingerprint density at radius 2 is 0.841 bits per heavy atom. The van der Waals surface area contributed by atoms with E-state index < -0.39 is 20.0 Å². The zero-order valence-electron chi connectivity index (χ0n) is 46.3. The van der Waals surface area contributed by atoms with Crippen LogP contribution in [0.5, 0.6) is 0 Å². The van der Waals surface area contributed by atoms with Gasteiger partial charge in [0.25, 0.3) is 0 Å². The summed E-state index contributed by atoms with van der Waals surface area (Å²) in [5, 5.41) is 3.05. The molecule has 2 N–H and O–H groups in total. The van der Waals surface area contributed by atoms with E-state index in [-0.39, 0.29) is 31.5 Å². The first-order valence-electron chi connectivity index (χ1n) is 29.3. The number of carbonyl (C=O) groups is 2. The van der Waals surface area contributed by atoms with Gasteiger partial charge in [0.05, 0.1) is 33.8 Å². The van der Waals surface area contributed by atoms with E-state index in [0.29, 0.717) is 17.4 Å². The van der Waals surface area contributed by atoms with Crippen LogP contribution in [0, 0.1) is 0 Å². The van der Waals surface area contributed by atoms with E-state index in [9.17, 15) is 19.0 Å². The summed E-state index contributed by atoms with van der Waals surface area (Å²) in [6.07, 6.45) is 58.5. The molecule has 0 bridgehead atoms. The van der Waals surface area contributed by atoms with Gasteiger partial charge in [-0.15, -0.1) is 0 Å². The van der Waals surface area contributed by atoms with Crippen LogP contribution in [0.15, 0.2) is 36.5 Å². The summed E-state index contributed by atoms with van der Waals surface area (Å²) < 4.78 is 30.6. The lowest BCUT2D eigenvalue weighted by Gasteiger charge is -2.27. The van der Waals surface area contributed by atoms with Gasteiger partial charge in [0, 0.05) is 12.8 Å².